The third-order valence-corrected chi connectivity index (χ3v) is 6.16. The quantitative estimate of drug-likeness (QED) is 0.559. The van der Waals surface area contributed by atoms with Crippen molar-refractivity contribution < 1.29 is 27.5 Å². The predicted molar refractivity (Wildman–Crippen MR) is 113 cm³/mol. The molecule has 33 heavy (non-hydrogen) atoms. The molecule has 0 amide bonds. The number of pyridine rings is 1. The van der Waals surface area contributed by atoms with Gasteiger partial charge in [0.25, 0.3) is 0 Å². The minimum absolute atomic E-state index is 0.222. The first-order valence-electron chi connectivity index (χ1n) is 10.9. The number of hydrogen-bond donors (Lipinski definition) is 1. The van der Waals surface area contributed by atoms with E-state index in [1.807, 2.05) is 28.9 Å². The number of aliphatic carboxylic acids is 1. The van der Waals surface area contributed by atoms with Crippen molar-refractivity contribution in [3.05, 3.63) is 54.2 Å². The van der Waals surface area contributed by atoms with Crippen molar-refractivity contribution in [1.82, 2.24) is 19.5 Å². The van der Waals surface area contributed by atoms with Crippen LogP contribution in [0.4, 0.5) is 17.6 Å². The summed E-state index contributed by atoms with van der Waals surface area (Å²) in [6.45, 7) is 2.30. The minimum atomic E-state index is -5.08. The second kappa shape index (κ2) is 9.46. The van der Waals surface area contributed by atoms with E-state index in [-0.39, 0.29) is 5.82 Å². The molecule has 6 nitrogen and oxygen atoms in total. The van der Waals surface area contributed by atoms with Gasteiger partial charge in [-0.05, 0) is 62.1 Å². The summed E-state index contributed by atoms with van der Waals surface area (Å²) in [6.07, 6.45) is 3.33. The fourth-order valence-electron chi connectivity index (χ4n) is 4.21. The minimum Gasteiger partial charge on any atom is -0.475 e. The zero-order valence-corrected chi connectivity index (χ0v) is 17.8. The van der Waals surface area contributed by atoms with Gasteiger partial charge in [-0.2, -0.15) is 18.3 Å². The maximum atomic E-state index is 13.5. The van der Waals surface area contributed by atoms with Crippen LogP contribution in [0.2, 0.25) is 0 Å². The van der Waals surface area contributed by atoms with Crippen molar-refractivity contribution in [2.75, 3.05) is 13.1 Å². The Labute approximate surface area is 187 Å². The Hall–Kier alpha value is -3.01. The molecule has 3 heterocycles. The second-order valence-corrected chi connectivity index (χ2v) is 8.42. The summed E-state index contributed by atoms with van der Waals surface area (Å²) < 4.78 is 47.1. The van der Waals surface area contributed by atoms with Crippen LogP contribution in [0.15, 0.2) is 42.6 Å². The average Bonchev–Trinajstić information content (AvgIpc) is 3.16. The molecule has 3 aromatic rings. The topological polar surface area (TPSA) is 70.7 Å². The van der Waals surface area contributed by atoms with Crippen molar-refractivity contribution in [3.8, 4) is 11.1 Å². The van der Waals surface area contributed by atoms with Gasteiger partial charge in [-0.1, -0.05) is 18.6 Å². The average molecular weight is 464 g/mol. The maximum absolute atomic E-state index is 13.5. The van der Waals surface area contributed by atoms with Crippen LogP contribution in [0, 0.1) is 5.82 Å². The van der Waals surface area contributed by atoms with Gasteiger partial charge in [0, 0.05) is 30.3 Å². The Morgan fingerprint density at radius 2 is 1.82 bits per heavy atom. The Morgan fingerprint density at radius 3 is 2.45 bits per heavy atom. The van der Waals surface area contributed by atoms with Gasteiger partial charge >= 0.3 is 12.1 Å². The van der Waals surface area contributed by atoms with E-state index < -0.39 is 12.1 Å². The van der Waals surface area contributed by atoms with E-state index in [2.05, 4.69) is 4.90 Å². The number of aromatic nitrogens is 3. The Morgan fingerprint density at radius 1 is 1.06 bits per heavy atom. The summed E-state index contributed by atoms with van der Waals surface area (Å²) in [5, 5.41) is 11.9. The van der Waals surface area contributed by atoms with Crippen molar-refractivity contribution in [1.29, 1.82) is 0 Å². The molecule has 1 N–H and O–H groups in total. The number of hydrogen-bond acceptors (Lipinski definition) is 4. The second-order valence-electron chi connectivity index (χ2n) is 8.42. The van der Waals surface area contributed by atoms with Crippen LogP contribution in [0.3, 0.4) is 0 Å². The van der Waals surface area contributed by atoms with Crippen LogP contribution >= 0.6 is 0 Å². The summed E-state index contributed by atoms with van der Waals surface area (Å²) in [6, 6.07) is 11.4. The van der Waals surface area contributed by atoms with Gasteiger partial charge < -0.3 is 5.11 Å². The van der Waals surface area contributed by atoms with Crippen LogP contribution < -0.4 is 0 Å². The van der Waals surface area contributed by atoms with Crippen molar-refractivity contribution in [3.63, 3.8) is 0 Å². The Balaban J connectivity index is 0.000000325. The maximum Gasteiger partial charge on any atom is 0.490 e. The number of halogens is 4. The predicted octanol–water partition coefficient (Wildman–Crippen LogP) is 4.90. The first-order valence-corrected chi connectivity index (χ1v) is 10.9. The normalized spacial score (nSPS) is 19.6. The molecule has 1 saturated heterocycles. The van der Waals surface area contributed by atoms with E-state index in [0.29, 0.717) is 5.92 Å². The SMILES string of the molecule is Fc1cccc(-c2ccc3nc(C4CCCN(C5CCC5)C4)nn3c2)c1.O=C(O)C(F)(F)F. The van der Waals surface area contributed by atoms with Gasteiger partial charge in [0.2, 0.25) is 0 Å². The van der Waals surface area contributed by atoms with Gasteiger partial charge in [-0.15, -0.1) is 0 Å². The molecule has 1 aromatic carbocycles. The number of carboxylic acids is 1. The van der Waals surface area contributed by atoms with Crippen molar-refractivity contribution in [2.24, 2.45) is 0 Å². The van der Waals surface area contributed by atoms with E-state index in [9.17, 15) is 17.6 Å². The summed E-state index contributed by atoms with van der Waals surface area (Å²) >= 11 is 0. The summed E-state index contributed by atoms with van der Waals surface area (Å²) in [7, 11) is 0. The van der Waals surface area contributed by atoms with E-state index in [0.717, 1.165) is 41.6 Å². The number of alkyl halides is 3. The number of benzene rings is 1. The van der Waals surface area contributed by atoms with Crippen LogP contribution in [-0.2, 0) is 4.79 Å². The number of carbonyl (C=O) groups is 1. The molecule has 0 bridgehead atoms. The summed E-state index contributed by atoms with van der Waals surface area (Å²) in [5.74, 6) is -1.61. The highest BCUT2D eigenvalue weighted by molar-refractivity contribution is 5.73. The van der Waals surface area contributed by atoms with Gasteiger partial charge in [0.1, 0.15) is 5.82 Å². The number of nitrogens with zero attached hydrogens (tertiary/aromatic N) is 4. The molecular weight excluding hydrogens is 440 g/mol. The smallest absolute Gasteiger partial charge is 0.475 e. The molecule has 2 fully saturated rings. The number of likely N-dealkylation sites (tertiary alicyclic amines) is 1. The Bertz CT molecular complexity index is 1130. The highest BCUT2D eigenvalue weighted by atomic mass is 19.4. The molecule has 0 radical (unpaired) electrons. The summed E-state index contributed by atoms with van der Waals surface area (Å²) in [5.41, 5.74) is 2.67. The lowest BCUT2D eigenvalue weighted by Crippen LogP contribution is -2.45. The van der Waals surface area contributed by atoms with Gasteiger partial charge in [-0.3, -0.25) is 4.90 Å². The van der Waals surface area contributed by atoms with E-state index in [1.54, 1.807) is 12.1 Å². The molecule has 0 spiro atoms. The first-order chi connectivity index (χ1) is 15.7. The van der Waals surface area contributed by atoms with Crippen LogP contribution in [-0.4, -0.2) is 55.9 Å². The molecule has 1 atom stereocenters. The van der Waals surface area contributed by atoms with E-state index in [1.165, 1.54) is 38.3 Å². The monoisotopic (exact) mass is 464 g/mol. The zero-order valence-electron chi connectivity index (χ0n) is 17.8. The molecule has 2 aliphatic rings. The number of rotatable bonds is 3. The lowest BCUT2D eigenvalue weighted by molar-refractivity contribution is -0.192. The third kappa shape index (κ3) is 5.50. The largest absolute Gasteiger partial charge is 0.490 e. The fourth-order valence-corrected chi connectivity index (χ4v) is 4.21. The van der Waals surface area contributed by atoms with Crippen molar-refractivity contribution >= 4 is 11.6 Å². The van der Waals surface area contributed by atoms with Crippen LogP contribution in [0.1, 0.15) is 43.8 Å². The fraction of sp³-hybridized carbons (Fsp3) is 0.435. The molecule has 5 rings (SSSR count). The van der Waals surface area contributed by atoms with Gasteiger partial charge in [0.05, 0.1) is 0 Å². The van der Waals surface area contributed by atoms with Crippen LogP contribution in [0.25, 0.3) is 16.8 Å². The molecular formula is C23H24F4N4O2. The molecule has 1 saturated carbocycles. The standard InChI is InChI=1S/C21H23FN4.C2HF3O2/c22-18-6-1-4-15(12-18)16-9-10-20-23-21(24-26(20)14-16)17-5-3-11-25(13-17)19-7-2-8-19;3-2(4,5)1(6)7/h1,4,6,9-10,12,14,17,19H,2-3,5,7-8,11,13H2;(H,6,7). The van der Waals surface area contributed by atoms with Crippen LogP contribution in [0.5, 0.6) is 0 Å². The molecule has 1 aliphatic carbocycles. The van der Waals surface area contributed by atoms with Crippen molar-refractivity contribution in [2.45, 2.75) is 50.2 Å². The molecule has 176 valence electrons. The van der Waals surface area contributed by atoms with E-state index in [4.69, 9.17) is 20.0 Å². The van der Waals surface area contributed by atoms with Gasteiger partial charge in [0.15, 0.2) is 11.5 Å². The number of fused-ring (bicyclic) bond motifs is 1. The summed E-state index contributed by atoms with van der Waals surface area (Å²) in [4.78, 5) is 16.3. The molecule has 1 unspecified atom stereocenters. The highest BCUT2D eigenvalue weighted by Gasteiger charge is 2.38. The zero-order chi connectivity index (χ0) is 23.6. The molecule has 1 aliphatic heterocycles. The lowest BCUT2D eigenvalue weighted by atomic mass is 9.87. The van der Waals surface area contributed by atoms with Gasteiger partial charge in [-0.25, -0.2) is 18.7 Å². The molecule has 10 heteroatoms. The first kappa shape index (κ1) is 23.2. The molecule has 2 aromatic heterocycles. The third-order valence-electron chi connectivity index (χ3n) is 6.16. The van der Waals surface area contributed by atoms with E-state index >= 15 is 0 Å². The highest BCUT2D eigenvalue weighted by Crippen LogP contribution is 2.32. The number of carboxylic acid groups (broad SMARTS) is 1. The number of piperidine rings is 1. The Kier molecular flexibility index (Phi) is 6.64. The lowest BCUT2D eigenvalue weighted by Gasteiger charge is -2.41.